The van der Waals surface area contributed by atoms with E-state index >= 15 is 0 Å². The molecule has 0 bridgehead atoms. The highest BCUT2D eigenvalue weighted by Gasteiger charge is 2.27. The van der Waals surface area contributed by atoms with Crippen LogP contribution in [0.25, 0.3) is 0 Å². The Kier molecular flexibility index (Phi) is 7.92. The van der Waals surface area contributed by atoms with E-state index in [1.807, 2.05) is 37.3 Å². The number of ether oxygens (including phenoxy) is 1. The van der Waals surface area contributed by atoms with Gasteiger partial charge in [0, 0.05) is 38.8 Å². The second kappa shape index (κ2) is 10.6. The summed E-state index contributed by atoms with van der Waals surface area (Å²) in [6, 6.07) is 13.2. The van der Waals surface area contributed by atoms with Crippen LogP contribution in [0.1, 0.15) is 36.0 Å². The van der Waals surface area contributed by atoms with Crippen LogP contribution in [0.5, 0.6) is 5.75 Å². The summed E-state index contributed by atoms with van der Waals surface area (Å²) < 4.78 is 33.4. The predicted molar refractivity (Wildman–Crippen MR) is 124 cm³/mol. The van der Waals surface area contributed by atoms with Crippen LogP contribution < -0.4 is 15.4 Å². The van der Waals surface area contributed by atoms with Crippen molar-refractivity contribution in [1.82, 2.24) is 14.9 Å². The lowest BCUT2D eigenvalue weighted by molar-refractivity contribution is 0.346. The zero-order valence-corrected chi connectivity index (χ0v) is 19.3. The summed E-state index contributed by atoms with van der Waals surface area (Å²) in [5, 5.41) is 6.51. The van der Waals surface area contributed by atoms with Crippen LogP contribution in [0, 0.1) is 6.92 Å². The molecule has 0 aromatic heterocycles. The first-order valence-corrected chi connectivity index (χ1v) is 12.1. The summed E-state index contributed by atoms with van der Waals surface area (Å²) in [5.41, 5.74) is 2.88. The Morgan fingerprint density at radius 1 is 1.03 bits per heavy atom. The topological polar surface area (TPSA) is 83.0 Å². The summed E-state index contributed by atoms with van der Waals surface area (Å²) in [4.78, 5) is 4.63. The Morgan fingerprint density at radius 2 is 1.71 bits per heavy atom. The number of guanidine groups is 1. The van der Waals surface area contributed by atoms with Gasteiger partial charge in [-0.15, -0.1) is 0 Å². The van der Waals surface area contributed by atoms with Crippen LogP contribution in [0.15, 0.2) is 52.4 Å². The number of sulfonamides is 1. The molecule has 2 aromatic rings. The molecule has 0 unspecified atom stereocenters. The van der Waals surface area contributed by atoms with E-state index < -0.39 is 10.0 Å². The lowest BCUT2D eigenvalue weighted by Gasteiger charge is -2.27. The average molecular weight is 445 g/mol. The normalized spacial score (nSPS) is 15.5. The Hall–Kier alpha value is -2.58. The van der Waals surface area contributed by atoms with E-state index in [4.69, 9.17) is 4.74 Å². The molecule has 1 fully saturated rings. The number of aryl methyl sites for hydroxylation is 1. The van der Waals surface area contributed by atoms with Gasteiger partial charge in [-0.2, -0.15) is 4.31 Å². The Balaban J connectivity index is 1.68. The number of aliphatic imine (C=N–C) groups is 1. The minimum absolute atomic E-state index is 0.355. The van der Waals surface area contributed by atoms with Crippen LogP contribution >= 0.6 is 0 Å². The highest BCUT2D eigenvalue weighted by molar-refractivity contribution is 7.89. The van der Waals surface area contributed by atoms with E-state index in [0.717, 1.165) is 41.7 Å². The monoisotopic (exact) mass is 444 g/mol. The highest BCUT2D eigenvalue weighted by Crippen LogP contribution is 2.23. The number of methoxy groups -OCH3 is 1. The van der Waals surface area contributed by atoms with E-state index in [2.05, 4.69) is 15.6 Å². The summed E-state index contributed by atoms with van der Waals surface area (Å²) in [6.45, 7) is 4.10. The van der Waals surface area contributed by atoms with Gasteiger partial charge in [-0.05, 0) is 43.0 Å². The van der Waals surface area contributed by atoms with Gasteiger partial charge in [0.1, 0.15) is 5.75 Å². The first kappa shape index (κ1) is 23.1. The van der Waals surface area contributed by atoms with Gasteiger partial charge in [-0.3, -0.25) is 4.99 Å². The lowest BCUT2D eigenvalue weighted by Crippen LogP contribution is -2.38. The third-order valence-electron chi connectivity index (χ3n) is 5.46. The van der Waals surface area contributed by atoms with Gasteiger partial charge >= 0.3 is 0 Å². The van der Waals surface area contributed by atoms with E-state index in [9.17, 15) is 8.42 Å². The number of nitrogens with one attached hydrogen (secondary N) is 2. The van der Waals surface area contributed by atoms with Crippen molar-refractivity contribution in [3.8, 4) is 5.75 Å². The van der Waals surface area contributed by atoms with E-state index in [1.165, 1.54) is 0 Å². The SMILES string of the molecule is CN=C(NCc1ccc(C)cc1OC)NCc1ccccc1S(=O)(=O)N1CCCCC1. The van der Waals surface area contributed by atoms with Crippen LogP contribution in [0.3, 0.4) is 0 Å². The van der Waals surface area contributed by atoms with Crippen LogP contribution in [0.4, 0.5) is 0 Å². The number of benzene rings is 2. The number of hydrogen-bond donors (Lipinski definition) is 2. The Labute approximate surface area is 185 Å². The van der Waals surface area contributed by atoms with Gasteiger partial charge in [0.15, 0.2) is 5.96 Å². The number of nitrogens with zero attached hydrogens (tertiary/aromatic N) is 2. The smallest absolute Gasteiger partial charge is 0.243 e. The second-order valence-corrected chi connectivity index (χ2v) is 9.57. The molecule has 3 rings (SSSR count). The van der Waals surface area contributed by atoms with Gasteiger partial charge in [0.05, 0.1) is 12.0 Å². The maximum atomic E-state index is 13.2. The van der Waals surface area contributed by atoms with Crippen molar-refractivity contribution in [3.05, 3.63) is 59.2 Å². The van der Waals surface area contributed by atoms with E-state index in [1.54, 1.807) is 30.6 Å². The molecule has 1 heterocycles. The molecule has 168 valence electrons. The molecule has 2 aromatic carbocycles. The maximum Gasteiger partial charge on any atom is 0.243 e. The lowest BCUT2D eigenvalue weighted by atomic mass is 10.1. The van der Waals surface area contributed by atoms with Crippen molar-refractivity contribution in [2.24, 2.45) is 4.99 Å². The van der Waals surface area contributed by atoms with Gasteiger partial charge in [0.25, 0.3) is 0 Å². The molecule has 31 heavy (non-hydrogen) atoms. The fourth-order valence-electron chi connectivity index (χ4n) is 3.72. The van der Waals surface area contributed by atoms with Crippen molar-refractivity contribution < 1.29 is 13.2 Å². The Morgan fingerprint density at radius 3 is 2.39 bits per heavy atom. The van der Waals surface area contributed by atoms with Crippen LogP contribution in [-0.2, 0) is 23.1 Å². The third kappa shape index (κ3) is 5.77. The van der Waals surface area contributed by atoms with Crippen LogP contribution in [0.2, 0.25) is 0 Å². The molecule has 0 spiro atoms. The zero-order valence-electron chi connectivity index (χ0n) is 18.5. The molecule has 8 heteroatoms. The second-order valence-electron chi connectivity index (χ2n) is 7.67. The van der Waals surface area contributed by atoms with Crippen molar-refractivity contribution in [3.63, 3.8) is 0 Å². The first-order valence-electron chi connectivity index (χ1n) is 10.6. The average Bonchev–Trinajstić information content (AvgIpc) is 2.80. The molecule has 0 radical (unpaired) electrons. The molecule has 0 amide bonds. The Bertz CT molecular complexity index is 1020. The minimum Gasteiger partial charge on any atom is -0.496 e. The molecule has 7 nitrogen and oxygen atoms in total. The molecule has 1 saturated heterocycles. The van der Waals surface area contributed by atoms with Crippen molar-refractivity contribution in [2.45, 2.75) is 44.2 Å². The van der Waals surface area contributed by atoms with Gasteiger partial charge in [-0.1, -0.05) is 36.8 Å². The first-order chi connectivity index (χ1) is 15.0. The maximum absolute atomic E-state index is 13.2. The van der Waals surface area contributed by atoms with Crippen molar-refractivity contribution in [1.29, 1.82) is 0 Å². The van der Waals surface area contributed by atoms with Gasteiger partial charge in [-0.25, -0.2) is 8.42 Å². The van der Waals surface area contributed by atoms with Gasteiger partial charge in [0.2, 0.25) is 10.0 Å². The summed E-state index contributed by atoms with van der Waals surface area (Å²) in [6.07, 6.45) is 2.92. The standard InChI is InChI=1S/C23H32N4O3S/c1-18-11-12-19(21(15-18)30-3)16-25-23(24-2)26-17-20-9-5-6-10-22(20)31(28,29)27-13-7-4-8-14-27/h5-6,9-12,15H,4,7-8,13-14,16-17H2,1-3H3,(H2,24,25,26). The summed E-state index contributed by atoms with van der Waals surface area (Å²) in [7, 11) is -0.149. The third-order valence-corrected chi connectivity index (χ3v) is 7.46. The molecule has 1 aliphatic rings. The minimum atomic E-state index is -3.50. The highest BCUT2D eigenvalue weighted by atomic mass is 32.2. The van der Waals surface area contributed by atoms with Crippen molar-refractivity contribution >= 4 is 16.0 Å². The quantitative estimate of drug-likeness (QED) is 0.507. The fraction of sp³-hybridized carbons (Fsp3) is 0.435. The largest absolute Gasteiger partial charge is 0.496 e. The molecule has 0 atom stereocenters. The summed E-state index contributed by atoms with van der Waals surface area (Å²) >= 11 is 0. The molecular formula is C23H32N4O3S. The fourth-order valence-corrected chi connectivity index (χ4v) is 5.46. The predicted octanol–water partition coefficient (Wildman–Crippen LogP) is 3.04. The molecule has 0 aliphatic carbocycles. The molecule has 2 N–H and O–H groups in total. The van der Waals surface area contributed by atoms with Crippen LogP contribution in [-0.4, -0.2) is 45.9 Å². The number of hydrogen-bond acceptors (Lipinski definition) is 4. The molecule has 1 aliphatic heterocycles. The zero-order chi connectivity index (χ0) is 22.3. The van der Waals surface area contributed by atoms with Crippen molar-refractivity contribution in [2.75, 3.05) is 27.2 Å². The van der Waals surface area contributed by atoms with E-state index in [-0.39, 0.29) is 0 Å². The van der Waals surface area contributed by atoms with Gasteiger partial charge < -0.3 is 15.4 Å². The molecule has 0 saturated carbocycles. The van der Waals surface area contributed by atoms with E-state index in [0.29, 0.717) is 37.0 Å². The number of piperidine rings is 1. The molecular weight excluding hydrogens is 412 g/mol. The number of rotatable bonds is 7. The summed E-state index contributed by atoms with van der Waals surface area (Å²) in [5.74, 6) is 1.41.